The van der Waals surface area contributed by atoms with Crippen LogP contribution in [0.1, 0.15) is 0 Å². The highest BCUT2D eigenvalue weighted by molar-refractivity contribution is 5.92. The number of nitrogens with one attached hydrogen (secondary N) is 1. The Labute approximate surface area is 153 Å². The summed E-state index contributed by atoms with van der Waals surface area (Å²) in [6.45, 7) is 0. The van der Waals surface area contributed by atoms with Gasteiger partial charge < -0.3 is 4.98 Å². The van der Waals surface area contributed by atoms with Crippen LogP contribution < -0.4 is 5.43 Å². The highest BCUT2D eigenvalue weighted by Crippen LogP contribution is 2.32. The highest BCUT2D eigenvalue weighted by atomic mass is 16.1. The van der Waals surface area contributed by atoms with Crippen LogP contribution in [0.2, 0.25) is 0 Å². The molecule has 0 amide bonds. The van der Waals surface area contributed by atoms with Gasteiger partial charge in [0.15, 0.2) is 5.43 Å². The molecule has 0 atom stereocenters. The lowest BCUT2D eigenvalue weighted by Crippen LogP contribution is -2.03. The molecule has 1 N–H and O–H groups in total. The fourth-order valence-corrected chi connectivity index (χ4v) is 3.21. The zero-order valence-corrected chi connectivity index (χ0v) is 14.4. The Morgan fingerprint density at radius 1 is 1.11 bits per heavy atom. The van der Waals surface area contributed by atoms with E-state index in [0.717, 1.165) is 22.0 Å². The number of aryl methyl sites for hydroxylation is 1. The summed E-state index contributed by atoms with van der Waals surface area (Å²) >= 11 is 0. The molecule has 0 bridgehead atoms. The van der Waals surface area contributed by atoms with E-state index in [9.17, 15) is 4.79 Å². The fraction of sp³-hybridized carbons (Fsp3) is 0.0500. The first-order valence-corrected chi connectivity index (χ1v) is 8.43. The Kier molecular flexibility index (Phi) is 3.33. The summed E-state index contributed by atoms with van der Waals surface area (Å²) in [6, 6.07) is 13.3. The maximum Gasteiger partial charge on any atom is 0.191 e. The van der Waals surface area contributed by atoms with Crippen LogP contribution in [0.4, 0.5) is 0 Å². The van der Waals surface area contributed by atoms with Gasteiger partial charge in [0.2, 0.25) is 0 Å². The van der Waals surface area contributed by atoms with Gasteiger partial charge in [0.05, 0.1) is 17.1 Å². The smallest absolute Gasteiger partial charge is 0.191 e. The van der Waals surface area contributed by atoms with Crippen molar-refractivity contribution in [1.29, 1.82) is 0 Å². The van der Waals surface area contributed by atoms with Gasteiger partial charge >= 0.3 is 0 Å². The molecule has 5 aromatic rings. The number of hydrogen-bond donors (Lipinski definition) is 1. The van der Waals surface area contributed by atoms with Crippen LogP contribution >= 0.6 is 0 Å². The number of nitrogens with zero attached hydrogens (tertiary/aromatic N) is 5. The van der Waals surface area contributed by atoms with Gasteiger partial charge in [0.1, 0.15) is 17.0 Å². The first kappa shape index (κ1) is 15.4. The number of pyridine rings is 3. The number of aromatic amines is 1. The van der Waals surface area contributed by atoms with Crippen LogP contribution in [0.25, 0.3) is 44.5 Å². The number of hydrogen-bond acceptors (Lipinski definition) is 5. The van der Waals surface area contributed by atoms with Crippen molar-refractivity contribution in [3.8, 4) is 22.5 Å². The molecule has 4 heterocycles. The molecule has 0 radical (unpaired) electrons. The number of H-pyrrole nitrogens is 1. The van der Waals surface area contributed by atoms with Gasteiger partial charge in [-0.3, -0.25) is 9.78 Å². The van der Waals surface area contributed by atoms with E-state index in [1.807, 2.05) is 36.4 Å². The molecule has 0 aliphatic heterocycles. The van der Waals surface area contributed by atoms with Crippen molar-refractivity contribution in [3.05, 3.63) is 71.3 Å². The van der Waals surface area contributed by atoms with Crippen LogP contribution in [0, 0.1) is 0 Å². The molecule has 7 nitrogen and oxygen atoms in total. The molecule has 0 unspecified atom stereocenters. The maximum absolute atomic E-state index is 12.3. The summed E-state index contributed by atoms with van der Waals surface area (Å²) < 4.78 is 0. The van der Waals surface area contributed by atoms with Gasteiger partial charge in [-0.1, -0.05) is 12.1 Å². The Morgan fingerprint density at radius 2 is 2.04 bits per heavy atom. The Bertz CT molecular complexity index is 1370. The largest absolute Gasteiger partial charge is 0.346 e. The number of rotatable bonds is 2. The zero-order valence-electron chi connectivity index (χ0n) is 14.4. The second kappa shape index (κ2) is 5.84. The van der Waals surface area contributed by atoms with Crippen LogP contribution in [-0.2, 0) is 7.05 Å². The van der Waals surface area contributed by atoms with E-state index < -0.39 is 0 Å². The molecule has 0 saturated heterocycles. The van der Waals surface area contributed by atoms with Crippen molar-refractivity contribution in [2.24, 2.45) is 7.05 Å². The number of fused-ring (bicyclic) bond motifs is 2. The minimum absolute atomic E-state index is 0.0781. The van der Waals surface area contributed by atoms with Crippen molar-refractivity contribution in [2.75, 3.05) is 0 Å². The predicted molar refractivity (Wildman–Crippen MR) is 103 cm³/mol. The van der Waals surface area contributed by atoms with Crippen molar-refractivity contribution < 1.29 is 0 Å². The molecule has 0 saturated carbocycles. The molecule has 0 spiro atoms. The topological polar surface area (TPSA) is 89.4 Å². The normalized spacial score (nSPS) is 11.3. The Hall–Kier alpha value is -3.87. The minimum Gasteiger partial charge on any atom is -0.346 e. The highest BCUT2D eigenvalue weighted by Gasteiger charge is 2.16. The lowest BCUT2D eigenvalue weighted by Gasteiger charge is -2.10. The van der Waals surface area contributed by atoms with Gasteiger partial charge in [-0.2, -0.15) is 15.0 Å². The third kappa shape index (κ3) is 2.56. The molecule has 7 heteroatoms. The summed E-state index contributed by atoms with van der Waals surface area (Å²) in [7, 11) is 1.76. The van der Waals surface area contributed by atoms with E-state index in [-0.39, 0.29) is 5.43 Å². The lowest BCUT2D eigenvalue weighted by atomic mass is 9.99. The molecule has 1 aromatic carbocycles. The molecular formula is C20H14N6O. The maximum atomic E-state index is 12.3. The second-order valence-electron chi connectivity index (χ2n) is 6.25. The summed E-state index contributed by atoms with van der Waals surface area (Å²) in [5.41, 5.74) is 4.43. The number of benzene rings is 1. The van der Waals surface area contributed by atoms with Crippen LogP contribution in [0.3, 0.4) is 0 Å². The van der Waals surface area contributed by atoms with Crippen LogP contribution in [0.15, 0.2) is 65.8 Å². The van der Waals surface area contributed by atoms with Gasteiger partial charge in [-0.05, 0) is 29.8 Å². The molecule has 27 heavy (non-hydrogen) atoms. The zero-order chi connectivity index (χ0) is 18.4. The van der Waals surface area contributed by atoms with Crippen LogP contribution in [-0.4, -0.2) is 29.9 Å². The van der Waals surface area contributed by atoms with E-state index in [4.69, 9.17) is 0 Å². The summed E-state index contributed by atoms with van der Waals surface area (Å²) in [4.78, 5) is 25.9. The van der Waals surface area contributed by atoms with Gasteiger partial charge in [-0.15, -0.1) is 0 Å². The quantitative estimate of drug-likeness (QED) is 0.526. The van der Waals surface area contributed by atoms with Crippen molar-refractivity contribution >= 4 is 21.9 Å². The SMILES string of the molecule is Cn1ncc(-c2nc3[nH]ccc(=O)c3cc2-c2ccc3ncccc3c2)n1. The third-order valence-corrected chi connectivity index (χ3v) is 4.50. The van der Waals surface area contributed by atoms with Crippen molar-refractivity contribution in [1.82, 2.24) is 29.9 Å². The average molecular weight is 354 g/mol. The second-order valence-corrected chi connectivity index (χ2v) is 6.25. The molecule has 0 fully saturated rings. The van der Waals surface area contributed by atoms with E-state index in [1.165, 1.54) is 10.9 Å². The molecule has 4 aromatic heterocycles. The molecule has 5 rings (SSSR count). The summed E-state index contributed by atoms with van der Waals surface area (Å²) in [6.07, 6.45) is 5.03. The predicted octanol–water partition coefficient (Wildman–Crippen LogP) is 2.93. The van der Waals surface area contributed by atoms with Gasteiger partial charge in [0.25, 0.3) is 0 Å². The summed E-state index contributed by atoms with van der Waals surface area (Å²) in [5, 5.41) is 10.1. The van der Waals surface area contributed by atoms with Crippen molar-refractivity contribution in [2.45, 2.75) is 0 Å². The molecule has 130 valence electrons. The molecule has 0 aliphatic carbocycles. The number of aromatic nitrogens is 6. The van der Waals surface area contributed by atoms with E-state index in [0.29, 0.717) is 22.4 Å². The van der Waals surface area contributed by atoms with Gasteiger partial charge in [-0.25, -0.2) is 4.98 Å². The Morgan fingerprint density at radius 3 is 2.89 bits per heavy atom. The molecular weight excluding hydrogens is 340 g/mol. The van der Waals surface area contributed by atoms with E-state index in [2.05, 4.69) is 25.1 Å². The monoisotopic (exact) mass is 354 g/mol. The first-order chi connectivity index (χ1) is 13.2. The van der Waals surface area contributed by atoms with E-state index in [1.54, 1.807) is 25.6 Å². The minimum atomic E-state index is -0.0781. The average Bonchev–Trinajstić information content (AvgIpc) is 3.13. The van der Waals surface area contributed by atoms with Crippen molar-refractivity contribution in [3.63, 3.8) is 0 Å². The standard InChI is InChI=1S/C20H14N6O/c1-26-23-11-17(25-26)19-14(10-15-18(27)6-8-22-20(15)24-19)12-4-5-16-13(9-12)3-2-7-21-16/h2-11H,1H3,(H,22,24,27). The fourth-order valence-electron chi connectivity index (χ4n) is 3.21. The van der Waals surface area contributed by atoms with E-state index >= 15 is 0 Å². The molecule has 0 aliphatic rings. The first-order valence-electron chi connectivity index (χ1n) is 8.43. The third-order valence-electron chi connectivity index (χ3n) is 4.50. The lowest BCUT2D eigenvalue weighted by molar-refractivity contribution is 0.655. The van der Waals surface area contributed by atoms with Gasteiger partial charge in [0, 0.05) is 36.5 Å². The summed E-state index contributed by atoms with van der Waals surface area (Å²) in [5.74, 6) is 0. The Balaban J connectivity index is 1.85. The van der Waals surface area contributed by atoms with Crippen LogP contribution in [0.5, 0.6) is 0 Å².